The van der Waals surface area contributed by atoms with Gasteiger partial charge in [0, 0.05) is 25.0 Å². The molecular weight excluding hydrogens is 274 g/mol. The largest absolute Gasteiger partial charge is 0.393 e. The second-order valence-electron chi connectivity index (χ2n) is 5.85. The van der Waals surface area contributed by atoms with E-state index in [0.717, 1.165) is 42.0 Å². The molecule has 1 saturated carbocycles. The molecule has 1 fully saturated rings. The second kappa shape index (κ2) is 6.59. The van der Waals surface area contributed by atoms with Crippen LogP contribution < -0.4 is 0 Å². The van der Waals surface area contributed by atoms with Crippen LogP contribution in [0.5, 0.6) is 0 Å². The number of rotatable bonds is 5. The van der Waals surface area contributed by atoms with Crippen LogP contribution in [0, 0.1) is 12.8 Å². The molecule has 0 heterocycles. The highest BCUT2D eigenvalue weighted by Crippen LogP contribution is 2.27. The number of hydrogen-bond donors (Lipinski definition) is 1. The smallest absolute Gasteiger partial charge is 0.222 e. The van der Waals surface area contributed by atoms with Crippen LogP contribution >= 0.6 is 11.6 Å². The van der Waals surface area contributed by atoms with Crippen LogP contribution in [0.15, 0.2) is 18.2 Å². The average molecular weight is 296 g/mol. The normalized spacial score (nSPS) is 21.4. The number of hydrogen-bond acceptors (Lipinski definition) is 2. The number of aliphatic hydroxyl groups is 1. The van der Waals surface area contributed by atoms with Gasteiger partial charge in [-0.3, -0.25) is 4.79 Å². The van der Waals surface area contributed by atoms with Gasteiger partial charge in [-0.25, -0.2) is 0 Å². The lowest BCUT2D eigenvalue weighted by Crippen LogP contribution is -2.39. The van der Waals surface area contributed by atoms with E-state index in [4.69, 9.17) is 11.6 Å². The first kappa shape index (κ1) is 15.3. The van der Waals surface area contributed by atoms with E-state index in [1.54, 1.807) is 4.90 Å². The molecule has 0 bridgehead atoms. The van der Waals surface area contributed by atoms with Gasteiger partial charge in [0.05, 0.1) is 6.10 Å². The highest BCUT2D eigenvalue weighted by Gasteiger charge is 2.28. The molecule has 1 aliphatic rings. The van der Waals surface area contributed by atoms with Crippen LogP contribution in [-0.4, -0.2) is 35.6 Å². The van der Waals surface area contributed by atoms with Crippen molar-refractivity contribution >= 4 is 17.5 Å². The first-order valence-electron chi connectivity index (χ1n) is 7.12. The molecule has 0 atom stereocenters. The van der Waals surface area contributed by atoms with E-state index in [1.165, 1.54) is 0 Å². The monoisotopic (exact) mass is 295 g/mol. The number of carbonyl (C=O) groups is 1. The molecule has 2 rings (SSSR count). The Balaban J connectivity index is 1.77. The Kier molecular flexibility index (Phi) is 5.06. The van der Waals surface area contributed by atoms with Crippen molar-refractivity contribution in [1.29, 1.82) is 0 Å². The van der Waals surface area contributed by atoms with Crippen molar-refractivity contribution in [3.05, 3.63) is 34.3 Å². The van der Waals surface area contributed by atoms with Gasteiger partial charge in [0.1, 0.15) is 0 Å². The van der Waals surface area contributed by atoms with E-state index in [2.05, 4.69) is 0 Å². The zero-order valence-electron chi connectivity index (χ0n) is 12.1. The molecule has 1 N–H and O–H groups in total. The molecule has 3 nitrogen and oxygen atoms in total. The van der Waals surface area contributed by atoms with Crippen molar-refractivity contribution in [3.63, 3.8) is 0 Å². The topological polar surface area (TPSA) is 40.5 Å². The lowest BCUT2D eigenvalue weighted by Gasteiger charge is -2.34. The SMILES string of the molecule is Cc1ccc(CCC(=O)N(C)CC2CC(O)C2)cc1Cl. The minimum Gasteiger partial charge on any atom is -0.393 e. The van der Waals surface area contributed by atoms with Crippen molar-refractivity contribution < 1.29 is 9.90 Å². The van der Waals surface area contributed by atoms with Crippen molar-refractivity contribution in [3.8, 4) is 0 Å². The number of halogens is 1. The molecule has 110 valence electrons. The molecule has 1 aromatic carbocycles. The highest BCUT2D eigenvalue weighted by molar-refractivity contribution is 6.31. The van der Waals surface area contributed by atoms with Crippen molar-refractivity contribution in [1.82, 2.24) is 4.90 Å². The van der Waals surface area contributed by atoms with Gasteiger partial charge >= 0.3 is 0 Å². The van der Waals surface area contributed by atoms with Gasteiger partial charge < -0.3 is 10.0 Å². The first-order valence-corrected chi connectivity index (χ1v) is 7.50. The lowest BCUT2D eigenvalue weighted by molar-refractivity contribution is -0.131. The molecule has 0 aromatic heterocycles. The first-order chi connectivity index (χ1) is 9.45. The van der Waals surface area contributed by atoms with E-state index in [0.29, 0.717) is 12.3 Å². The average Bonchev–Trinajstić information content (AvgIpc) is 2.38. The van der Waals surface area contributed by atoms with E-state index in [1.807, 2.05) is 32.2 Å². The minimum absolute atomic E-state index is 0.154. The van der Waals surface area contributed by atoms with Gasteiger partial charge in [0.15, 0.2) is 0 Å². The summed E-state index contributed by atoms with van der Waals surface area (Å²) in [5.41, 5.74) is 2.16. The quantitative estimate of drug-likeness (QED) is 0.907. The van der Waals surface area contributed by atoms with Crippen LogP contribution in [-0.2, 0) is 11.2 Å². The predicted molar refractivity (Wildman–Crippen MR) is 80.9 cm³/mol. The fraction of sp³-hybridized carbons (Fsp3) is 0.562. The summed E-state index contributed by atoms with van der Waals surface area (Å²) in [5, 5.41) is 10.0. The Hall–Kier alpha value is -1.06. The summed E-state index contributed by atoms with van der Waals surface area (Å²) in [5.74, 6) is 0.621. The van der Waals surface area contributed by atoms with Gasteiger partial charge in [-0.05, 0) is 49.3 Å². The summed E-state index contributed by atoms with van der Waals surface area (Å²) in [6.45, 7) is 2.72. The summed E-state index contributed by atoms with van der Waals surface area (Å²) in [6.07, 6.45) is 2.72. The highest BCUT2D eigenvalue weighted by atomic mass is 35.5. The summed E-state index contributed by atoms with van der Waals surface area (Å²) in [6, 6.07) is 5.95. The molecule has 0 saturated heterocycles. The number of aryl methyl sites for hydroxylation is 2. The Bertz CT molecular complexity index is 483. The van der Waals surface area contributed by atoms with Gasteiger partial charge in [-0.2, -0.15) is 0 Å². The molecule has 1 aromatic rings. The van der Waals surface area contributed by atoms with E-state index >= 15 is 0 Å². The summed E-state index contributed by atoms with van der Waals surface area (Å²) in [7, 11) is 1.84. The summed E-state index contributed by atoms with van der Waals surface area (Å²) < 4.78 is 0. The Morgan fingerprint density at radius 3 is 2.75 bits per heavy atom. The zero-order chi connectivity index (χ0) is 14.7. The third-order valence-corrected chi connectivity index (χ3v) is 4.44. The van der Waals surface area contributed by atoms with Crippen LogP contribution in [0.4, 0.5) is 0 Å². The molecule has 0 unspecified atom stereocenters. The maximum atomic E-state index is 12.1. The molecule has 1 amide bonds. The van der Waals surface area contributed by atoms with Gasteiger partial charge in [-0.15, -0.1) is 0 Å². The Labute approximate surface area is 125 Å². The van der Waals surface area contributed by atoms with Crippen LogP contribution in [0.3, 0.4) is 0 Å². The van der Waals surface area contributed by atoms with Crippen molar-refractivity contribution in [2.45, 2.75) is 38.7 Å². The molecule has 0 aliphatic heterocycles. The van der Waals surface area contributed by atoms with Gasteiger partial charge in [-0.1, -0.05) is 23.7 Å². The molecule has 0 radical (unpaired) electrons. The van der Waals surface area contributed by atoms with Crippen LogP contribution in [0.1, 0.15) is 30.4 Å². The third-order valence-electron chi connectivity index (χ3n) is 4.03. The maximum Gasteiger partial charge on any atom is 0.222 e. The zero-order valence-corrected chi connectivity index (χ0v) is 12.9. The third kappa shape index (κ3) is 3.97. The van der Waals surface area contributed by atoms with Crippen LogP contribution in [0.2, 0.25) is 5.02 Å². The standard InChI is InChI=1S/C16H22ClNO2/c1-11-3-4-12(9-15(11)17)5-6-16(20)18(2)10-13-7-14(19)8-13/h3-4,9,13-14,19H,5-8,10H2,1-2H3. The van der Waals surface area contributed by atoms with Crippen LogP contribution in [0.25, 0.3) is 0 Å². The molecule has 0 spiro atoms. The summed E-state index contributed by atoms with van der Waals surface area (Å²) >= 11 is 6.08. The number of benzene rings is 1. The fourth-order valence-electron chi connectivity index (χ4n) is 2.57. The number of aliphatic hydroxyl groups excluding tert-OH is 1. The second-order valence-corrected chi connectivity index (χ2v) is 6.26. The minimum atomic E-state index is -0.154. The van der Waals surface area contributed by atoms with E-state index in [9.17, 15) is 9.90 Å². The van der Waals surface area contributed by atoms with E-state index < -0.39 is 0 Å². The molecule has 4 heteroatoms. The molecule has 1 aliphatic carbocycles. The van der Waals surface area contributed by atoms with Crippen molar-refractivity contribution in [2.24, 2.45) is 5.92 Å². The number of nitrogens with zero attached hydrogens (tertiary/aromatic N) is 1. The van der Waals surface area contributed by atoms with Crippen molar-refractivity contribution in [2.75, 3.05) is 13.6 Å². The number of carbonyl (C=O) groups excluding carboxylic acids is 1. The molecular formula is C16H22ClNO2. The van der Waals surface area contributed by atoms with E-state index in [-0.39, 0.29) is 12.0 Å². The lowest BCUT2D eigenvalue weighted by atomic mass is 9.82. The molecule has 20 heavy (non-hydrogen) atoms. The number of amides is 1. The Morgan fingerprint density at radius 2 is 2.15 bits per heavy atom. The fourth-order valence-corrected chi connectivity index (χ4v) is 2.78. The summed E-state index contributed by atoms with van der Waals surface area (Å²) in [4.78, 5) is 13.8. The van der Waals surface area contributed by atoms with Gasteiger partial charge in [0.2, 0.25) is 5.91 Å². The predicted octanol–water partition coefficient (Wildman–Crippen LogP) is 2.81. The van der Waals surface area contributed by atoms with Gasteiger partial charge in [0.25, 0.3) is 0 Å². The maximum absolute atomic E-state index is 12.1. The Morgan fingerprint density at radius 1 is 1.45 bits per heavy atom.